The van der Waals surface area contributed by atoms with Crippen molar-refractivity contribution in [3.8, 4) is 11.4 Å². The van der Waals surface area contributed by atoms with E-state index in [0.29, 0.717) is 9.58 Å². The number of carbonyl (C=O) groups is 3. The van der Waals surface area contributed by atoms with E-state index < -0.39 is 120 Å². The first-order chi connectivity index (χ1) is 22.8. The number of nitrogens with zero attached hydrogens (tertiary/aromatic N) is 4. The molecule has 1 aromatic heterocycles. The topological polar surface area (TPSA) is 111 Å². The largest absolute Gasteiger partial charge is 0.497 e. The Morgan fingerprint density at radius 3 is 2.44 bits per heavy atom. The van der Waals surface area contributed by atoms with Crippen LogP contribution in [0.3, 0.4) is 0 Å². The zero-order valence-corrected chi connectivity index (χ0v) is 17.4. The quantitative estimate of drug-likeness (QED) is 0.610. The van der Waals surface area contributed by atoms with Crippen molar-refractivity contribution in [2.45, 2.75) is 25.5 Å². The Hall–Kier alpha value is -4.14. The van der Waals surface area contributed by atoms with Crippen LogP contribution in [0.1, 0.15) is 64.9 Å². The van der Waals surface area contributed by atoms with E-state index in [1.807, 2.05) is 0 Å². The molecule has 0 atom stereocenters. The van der Waals surface area contributed by atoms with Crippen LogP contribution < -0.4 is 20.3 Å². The Morgan fingerprint density at radius 1 is 1.06 bits per heavy atom. The van der Waals surface area contributed by atoms with Crippen LogP contribution >= 0.6 is 0 Å². The van der Waals surface area contributed by atoms with Gasteiger partial charge >= 0.3 is 0 Å². The van der Waals surface area contributed by atoms with Crippen molar-refractivity contribution < 1.29 is 41.1 Å². The predicted molar refractivity (Wildman–Crippen MR) is 127 cm³/mol. The Labute approximate surface area is 219 Å². The number of benzene rings is 2. The third-order valence-corrected chi connectivity index (χ3v) is 4.90. The second-order valence-electron chi connectivity index (χ2n) is 6.88. The lowest BCUT2D eigenvalue weighted by molar-refractivity contribution is -0.119. The molecular formula is C25H25N5O4. The van der Waals surface area contributed by atoms with Crippen LogP contribution in [-0.4, -0.2) is 47.6 Å². The number of nitrogens with two attached hydrogens (primary N) is 1. The van der Waals surface area contributed by atoms with Crippen molar-refractivity contribution in [1.29, 1.82) is 0 Å². The number of piperidine rings is 1. The number of hydrogen-bond donors (Lipinski definition) is 1. The van der Waals surface area contributed by atoms with Crippen LogP contribution in [0.4, 0.5) is 11.4 Å². The molecule has 2 N–H and O–H groups in total. The van der Waals surface area contributed by atoms with E-state index in [-0.39, 0.29) is 10.6 Å². The fourth-order valence-electron chi connectivity index (χ4n) is 3.31. The van der Waals surface area contributed by atoms with Gasteiger partial charge in [0.1, 0.15) is 11.4 Å². The summed E-state index contributed by atoms with van der Waals surface area (Å²) < 4.78 is 137. The first kappa shape index (κ1) is 10.0. The number of amides is 3. The number of hydrogen-bond acceptors (Lipinski definition) is 5. The number of methoxy groups -OCH3 is 1. The summed E-state index contributed by atoms with van der Waals surface area (Å²) in [4.78, 5) is 40.8. The maximum atomic E-state index is 14.3. The van der Waals surface area contributed by atoms with Gasteiger partial charge in [-0.1, -0.05) is 0 Å². The van der Waals surface area contributed by atoms with Gasteiger partial charge < -0.3 is 20.3 Å². The minimum absolute atomic E-state index is 0.259. The van der Waals surface area contributed by atoms with E-state index >= 15 is 0 Å². The summed E-state index contributed by atoms with van der Waals surface area (Å²) in [5.41, 5.74) is -5.24. The van der Waals surface area contributed by atoms with Crippen molar-refractivity contribution in [2.75, 3.05) is 29.9 Å². The summed E-state index contributed by atoms with van der Waals surface area (Å²) in [6.07, 6.45) is -10.5. The molecule has 2 aliphatic rings. The average Bonchev–Trinajstić information content (AvgIpc) is 3.40. The standard InChI is InChI=1S/C25H25N5O4/c1-34-19-11-9-18(10-12-19)30-23-20(22(27-30)24(26)32)13-15-29(25(23)33)17-7-5-16(6-8-17)28-14-3-2-4-21(28)31/h5-12H,2-4,13-15H2,1H3,(H2,26,32)/i2D2,3D2,9D,10D,11D,12D,13D2,14D2,15D2/hD2. The second-order valence-corrected chi connectivity index (χ2v) is 6.88. The number of aromatic nitrogens is 2. The molecule has 0 bridgehead atoms. The van der Waals surface area contributed by atoms with Crippen LogP contribution in [0.2, 0.25) is 2.82 Å². The van der Waals surface area contributed by atoms with Gasteiger partial charge in [0.15, 0.2) is 8.52 Å². The maximum absolute atomic E-state index is 14.3. The lowest BCUT2D eigenvalue weighted by atomic mass is 10.0. The summed E-state index contributed by atoms with van der Waals surface area (Å²) in [5, 5.41) is 3.84. The van der Waals surface area contributed by atoms with Gasteiger partial charge in [0.2, 0.25) is 5.91 Å². The Morgan fingerprint density at radius 2 is 1.76 bits per heavy atom. The van der Waals surface area contributed by atoms with E-state index in [9.17, 15) is 14.4 Å². The molecule has 1 fully saturated rings. The molecule has 5 rings (SSSR count). The van der Waals surface area contributed by atoms with Gasteiger partial charge in [-0.3, -0.25) is 14.4 Å². The Kier molecular flexibility index (Phi) is 2.55. The molecule has 0 unspecified atom stereocenters. The van der Waals surface area contributed by atoms with Crippen molar-refractivity contribution in [3.63, 3.8) is 0 Å². The summed E-state index contributed by atoms with van der Waals surface area (Å²) in [5.74, 6) is -4.74. The van der Waals surface area contributed by atoms with Crippen LogP contribution in [0.5, 0.6) is 5.75 Å². The summed E-state index contributed by atoms with van der Waals surface area (Å²) in [6.45, 7) is -6.66. The Bertz CT molecular complexity index is 1930. The van der Waals surface area contributed by atoms with Crippen molar-refractivity contribution in [3.05, 3.63) is 65.4 Å². The number of anilines is 2. The SMILES string of the molecule is [2H]c1c([2H])c(-n2nc(C(=O)N([2H])[2H])c3c2C(=O)N(c2ccc(N4C(=O)CC([2H])([2H])C([2H])([2H])C4([2H])[2H])cc2)C([2H])([2H])C3([2H])[2H])c([2H])c([2H])c1OC. The molecule has 1 saturated heterocycles. The molecule has 9 heteroatoms. The van der Waals surface area contributed by atoms with Gasteiger partial charge in [-0.25, -0.2) is 4.68 Å². The number of carbonyl (C=O) groups excluding carboxylic acids is 3. The van der Waals surface area contributed by atoms with Crippen molar-refractivity contribution >= 4 is 29.1 Å². The first-order valence-corrected chi connectivity index (χ1v) is 9.69. The van der Waals surface area contributed by atoms with Gasteiger partial charge in [0.05, 0.1) is 21.0 Å². The maximum Gasteiger partial charge on any atom is 0.277 e. The smallest absolute Gasteiger partial charge is 0.277 e. The fraction of sp³-hybridized carbons (Fsp3) is 0.280. The predicted octanol–water partition coefficient (Wildman–Crippen LogP) is 2.70. The van der Waals surface area contributed by atoms with Gasteiger partial charge in [0, 0.05) is 47.3 Å². The third kappa shape index (κ3) is 3.68. The zero-order valence-electron chi connectivity index (χ0n) is 33.4. The van der Waals surface area contributed by atoms with Gasteiger partial charge in [0.25, 0.3) is 11.8 Å². The van der Waals surface area contributed by atoms with Gasteiger partial charge in [-0.2, -0.15) is 5.10 Å². The summed E-state index contributed by atoms with van der Waals surface area (Å²) in [7, 11) is 1.07. The number of fused-ring (bicyclic) bond motifs is 1. The number of ether oxygens (including phenoxy) is 1. The molecule has 34 heavy (non-hydrogen) atoms. The van der Waals surface area contributed by atoms with Crippen LogP contribution in [0.25, 0.3) is 5.69 Å². The van der Waals surface area contributed by atoms with E-state index in [1.54, 1.807) is 0 Å². The summed E-state index contributed by atoms with van der Waals surface area (Å²) >= 11 is 0. The van der Waals surface area contributed by atoms with Gasteiger partial charge in [-0.05, 0) is 67.6 Å². The lowest BCUT2D eigenvalue weighted by Gasteiger charge is -2.29. The molecule has 3 heterocycles. The number of primary amides is 1. The highest BCUT2D eigenvalue weighted by atomic mass is 16.5. The molecule has 2 aliphatic heterocycles. The van der Waals surface area contributed by atoms with E-state index in [1.165, 1.54) is 0 Å². The van der Waals surface area contributed by atoms with Gasteiger partial charge in [-0.15, -0.1) is 0 Å². The molecule has 0 radical (unpaired) electrons. The highest BCUT2D eigenvalue weighted by Gasteiger charge is 2.34. The molecule has 3 aromatic rings. The van der Waals surface area contributed by atoms with Crippen LogP contribution in [0, 0.1) is 0 Å². The highest BCUT2D eigenvalue weighted by molar-refractivity contribution is 6.09. The molecule has 0 aliphatic carbocycles. The monoisotopic (exact) mass is 475 g/mol. The lowest BCUT2D eigenvalue weighted by Crippen LogP contribution is -2.39. The van der Waals surface area contributed by atoms with E-state index in [0.717, 1.165) is 31.4 Å². The highest BCUT2D eigenvalue weighted by Crippen LogP contribution is 2.31. The fourth-order valence-corrected chi connectivity index (χ4v) is 3.31. The molecule has 9 nitrogen and oxygen atoms in total. The van der Waals surface area contributed by atoms with Crippen LogP contribution in [0.15, 0.2) is 48.4 Å². The molecular weight excluding hydrogens is 434 g/mol. The van der Waals surface area contributed by atoms with E-state index in [4.69, 9.17) is 26.8 Å². The minimum Gasteiger partial charge on any atom is -0.497 e. The minimum atomic E-state index is -3.42. The molecule has 2 aromatic carbocycles. The molecule has 3 amide bonds. The summed E-state index contributed by atoms with van der Waals surface area (Å²) in [6, 6.07) is 0.605. The van der Waals surface area contributed by atoms with Crippen LogP contribution in [-0.2, 0) is 11.2 Å². The molecule has 174 valence electrons. The normalized spacial score (nSPS) is 30.0. The van der Waals surface area contributed by atoms with Crippen molar-refractivity contribution in [2.24, 2.45) is 5.72 Å². The van der Waals surface area contributed by atoms with E-state index in [2.05, 4.69) is 5.10 Å². The van der Waals surface area contributed by atoms with Crippen molar-refractivity contribution in [1.82, 2.24) is 9.78 Å². The Balaban J connectivity index is 1.74. The molecule has 0 spiro atoms. The zero-order chi connectivity index (χ0) is 37.8. The average molecular weight is 476 g/mol. The first-order valence-electron chi connectivity index (χ1n) is 17.6. The number of rotatable bonds is 5. The third-order valence-electron chi connectivity index (χ3n) is 4.90. The second kappa shape index (κ2) is 8.66. The molecule has 0 saturated carbocycles.